The molecule has 0 aliphatic carbocycles. The summed E-state index contributed by atoms with van der Waals surface area (Å²) in [6.07, 6.45) is 0.682. The van der Waals surface area contributed by atoms with E-state index in [9.17, 15) is 9.90 Å². The molecule has 1 saturated heterocycles. The normalized spacial score (nSPS) is 33.9. The average molecular weight is 246 g/mol. The predicted octanol–water partition coefficient (Wildman–Crippen LogP) is 0.131. The van der Waals surface area contributed by atoms with Crippen LogP contribution >= 0.6 is 12.2 Å². The van der Waals surface area contributed by atoms with Crippen molar-refractivity contribution in [2.45, 2.75) is 39.0 Å². The van der Waals surface area contributed by atoms with Crippen molar-refractivity contribution in [3.05, 3.63) is 0 Å². The number of thiocarbonyl (C=S) groups is 1. The van der Waals surface area contributed by atoms with E-state index in [-0.39, 0.29) is 6.04 Å². The maximum atomic E-state index is 11.8. The van der Waals surface area contributed by atoms with Crippen LogP contribution in [-0.2, 0) is 9.53 Å². The van der Waals surface area contributed by atoms with Gasteiger partial charge in [-0.2, -0.15) is 0 Å². The number of carbonyl (C=O) groups is 1. The third-order valence-electron chi connectivity index (χ3n) is 2.67. The van der Waals surface area contributed by atoms with Crippen molar-refractivity contribution in [1.82, 2.24) is 10.6 Å². The number of hydrogen-bond donors (Lipinski definition) is 3. The molecule has 0 radical (unpaired) electrons. The lowest BCUT2D eigenvalue weighted by atomic mass is 9.86. The summed E-state index contributed by atoms with van der Waals surface area (Å²) in [4.78, 5) is 11.8. The van der Waals surface area contributed by atoms with Crippen LogP contribution in [0.1, 0.15) is 27.2 Å². The van der Waals surface area contributed by atoms with Crippen LogP contribution in [0, 0.1) is 5.92 Å². The molecule has 0 amide bonds. The molecule has 0 bridgehead atoms. The Morgan fingerprint density at radius 2 is 2.25 bits per heavy atom. The summed E-state index contributed by atoms with van der Waals surface area (Å²) in [7, 11) is 0. The van der Waals surface area contributed by atoms with Crippen molar-refractivity contribution in [2.75, 3.05) is 6.61 Å². The topological polar surface area (TPSA) is 70.6 Å². The number of rotatable bonds is 3. The molecule has 5 nitrogen and oxygen atoms in total. The lowest BCUT2D eigenvalue weighted by molar-refractivity contribution is -0.162. The molecular formula is C10H18N2O3S. The Bertz CT molecular complexity index is 294. The van der Waals surface area contributed by atoms with Gasteiger partial charge in [-0.1, -0.05) is 6.92 Å². The average Bonchev–Trinajstić information content (AvgIpc) is 2.14. The zero-order chi connectivity index (χ0) is 12.3. The third-order valence-corrected chi connectivity index (χ3v) is 2.89. The standard InChI is InChI=1S/C10H18N2O3S/c1-4-6-7(8(13)15-5-2)10(3,14)12-9(16)11-6/h6-7,14H,4-5H2,1-3H3,(H2,11,12,16)/t6-,7-,10-/m1/s1. The number of hydrogen-bond acceptors (Lipinski definition) is 4. The van der Waals surface area contributed by atoms with Crippen LogP contribution in [0.4, 0.5) is 0 Å². The van der Waals surface area contributed by atoms with Gasteiger partial charge < -0.3 is 20.5 Å². The smallest absolute Gasteiger partial charge is 0.315 e. The predicted molar refractivity (Wildman–Crippen MR) is 63.7 cm³/mol. The van der Waals surface area contributed by atoms with E-state index < -0.39 is 17.6 Å². The van der Waals surface area contributed by atoms with Gasteiger partial charge in [0.1, 0.15) is 11.6 Å². The highest BCUT2D eigenvalue weighted by atomic mass is 32.1. The molecule has 3 atom stereocenters. The first-order chi connectivity index (χ1) is 7.42. The van der Waals surface area contributed by atoms with Crippen molar-refractivity contribution < 1.29 is 14.6 Å². The van der Waals surface area contributed by atoms with Gasteiger partial charge in [0.15, 0.2) is 5.11 Å². The Labute approximate surface area is 101 Å². The summed E-state index contributed by atoms with van der Waals surface area (Å²) in [6, 6.07) is -0.206. The Balaban J connectivity index is 2.90. The maximum absolute atomic E-state index is 11.8. The largest absolute Gasteiger partial charge is 0.466 e. The number of esters is 1. The van der Waals surface area contributed by atoms with E-state index in [1.54, 1.807) is 6.92 Å². The van der Waals surface area contributed by atoms with Crippen LogP contribution in [0.25, 0.3) is 0 Å². The van der Waals surface area contributed by atoms with E-state index in [0.717, 1.165) is 0 Å². The first-order valence-corrected chi connectivity index (χ1v) is 5.80. The number of nitrogens with one attached hydrogen (secondary N) is 2. The van der Waals surface area contributed by atoms with Crippen molar-refractivity contribution in [3.8, 4) is 0 Å². The first-order valence-electron chi connectivity index (χ1n) is 5.40. The molecule has 1 fully saturated rings. The highest BCUT2D eigenvalue weighted by Gasteiger charge is 2.47. The summed E-state index contributed by atoms with van der Waals surface area (Å²) in [5.41, 5.74) is -1.37. The third kappa shape index (κ3) is 2.62. The lowest BCUT2D eigenvalue weighted by Gasteiger charge is -2.42. The molecule has 0 aromatic heterocycles. The summed E-state index contributed by atoms with van der Waals surface area (Å²) in [6.45, 7) is 5.49. The second kappa shape index (κ2) is 4.97. The number of ether oxygens (including phenoxy) is 1. The Morgan fingerprint density at radius 3 is 2.75 bits per heavy atom. The van der Waals surface area contributed by atoms with Crippen molar-refractivity contribution in [3.63, 3.8) is 0 Å². The van der Waals surface area contributed by atoms with Crippen LogP contribution in [-0.4, -0.2) is 34.6 Å². The summed E-state index contributed by atoms with van der Waals surface area (Å²) in [5, 5.41) is 16.2. The second-order valence-corrected chi connectivity index (χ2v) is 4.40. The first kappa shape index (κ1) is 13.2. The molecule has 1 aliphatic rings. The molecular weight excluding hydrogens is 228 g/mol. The van der Waals surface area contributed by atoms with E-state index >= 15 is 0 Å². The molecule has 16 heavy (non-hydrogen) atoms. The van der Waals surface area contributed by atoms with Gasteiger partial charge in [0.25, 0.3) is 0 Å². The van der Waals surface area contributed by atoms with Gasteiger partial charge in [0.05, 0.1) is 6.61 Å². The molecule has 0 unspecified atom stereocenters. The Hall–Kier alpha value is -0.880. The van der Waals surface area contributed by atoms with E-state index in [1.165, 1.54) is 6.92 Å². The Kier molecular flexibility index (Phi) is 4.09. The molecule has 0 aromatic rings. The zero-order valence-electron chi connectivity index (χ0n) is 9.74. The van der Waals surface area contributed by atoms with Gasteiger partial charge in [-0.3, -0.25) is 4.79 Å². The molecule has 0 saturated carbocycles. The van der Waals surface area contributed by atoms with Crippen molar-refractivity contribution >= 4 is 23.3 Å². The minimum Gasteiger partial charge on any atom is -0.466 e. The van der Waals surface area contributed by atoms with Gasteiger partial charge in [-0.15, -0.1) is 0 Å². The van der Waals surface area contributed by atoms with Gasteiger partial charge in [-0.05, 0) is 32.5 Å². The van der Waals surface area contributed by atoms with Gasteiger partial charge in [-0.25, -0.2) is 0 Å². The quantitative estimate of drug-likeness (QED) is 0.486. The monoisotopic (exact) mass is 246 g/mol. The molecule has 6 heteroatoms. The van der Waals surface area contributed by atoms with E-state index in [0.29, 0.717) is 18.1 Å². The Morgan fingerprint density at radius 1 is 1.62 bits per heavy atom. The fourth-order valence-electron chi connectivity index (χ4n) is 1.95. The minimum atomic E-state index is -1.37. The summed E-state index contributed by atoms with van der Waals surface area (Å²) >= 11 is 4.97. The molecule has 1 heterocycles. The summed E-state index contributed by atoms with van der Waals surface area (Å²) in [5.74, 6) is -1.08. The van der Waals surface area contributed by atoms with E-state index in [1.807, 2.05) is 6.92 Å². The molecule has 0 spiro atoms. The van der Waals surface area contributed by atoms with Crippen LogP contribution < -0.4 is 10.6 Å². The zero-order valence-corrected chi connectivity index (χ0v) is 10.6. The van der Waals surface area contributed by atoms with Crippen LogP contribution in [0.3, 0.4) is 0 Å². The van der Waals surface area contributed by atoms with E-state index in [2.05, 4.69) is 10.6 Å². The molecule has 0 aromatic carbocycles. The van der Waals surface area contributed by atoms with Gasteiger partial charge in [0.2, 0.25) is 0 Å². The molecule has 3 N–H and O–H groups in total. The fraction of sp³-hybridized carbons (Fsp3) is 0.800. The van der Waals surface area contributed by atoms with E-state index in [4.69, 9.17) is 17.0 Å². The van der Waals surface area contributed by atoms with Crippen LogP contribution in [0.5, 0.6) is 0 Å². The lowest BCUT2D eigenvalue weighted by Crippen LogP contribution is -2.68. The number of aliphatic hydroxyl groups is 1. The van der Waals surface area contributed by atoms with Gasteiger partial charge in [0, 0.05) is 6.04 Å². The highest BCUT2D eigenvalue weighted by molar-refractivity contribution is 7.80. The van der Waals surface area contributed by atoms with Crippen molar-refractivity contribution in [2.24, 2.45) is 5.92 Å². The number of carbonyl (C=O) groups excluding carboxylic acids is 1. The van der Waals surface area contributed by atoms with Crippen LogP contribution in [0.2, 0.25) is 0 Å². The summed E-state index contributed by atoms with van der Waals surface area (Å²) < 4.78 is 4.96. The van der Waals surface area contributed by atoms with Crippen molar-refractivity contribution in [1.29, 1.82) is 0 Å². The maximum Gasteiger partial charge on any atom is 0.315 e. The molecule has 92 valence electrons. The van der Waals surface area contributed by atoms with Crippen LogP contribution in [0.15, 0.2) is 0 Å². The highest BCUT2D eigenvalue weighted by Crippen LogP contribution is 2.25. The fourth-order valence-corrected chi connectivity index (χ4v) is 2.31. The minimum absolute atomic E-state index is 0.206. The van der Waals surface area contributed by atoms with Gasteiger partial charge >= 0.3 is 5.97 Å². The SMILES string of the molecule is CCOC(=O)[C@H]1[C@@H](CC)NC(=S)N[C@]1(C)O. The molecule has 1 aliphatic heterocycles. The second-order valence-electron chi connectivity index (χ2n) is 3.99. The molecule has 1 rings (SSSR count).